The van der Waals surface area contributed by atoms with Crippen LogP contribution in [-0.4, -0.2) is 47.7 Å². The van der Waals surface area contributed by atoms with E-state index in [1.807, 2.05) is 4.90 Å². The van der Waals surface area contributed by atoms with Gasteiger partial charge in [0.15, 0.2) is 5.82 Å². The molecule has 0 radical (unpaired) electrons. The van der Waals surface area contributed by atoms with Crippen molar-refractivity contribution in [3.8, 4) is 23.0 Å². The van der Waals surface area contributed by atoms with Gasteiger partial charge in [-0.15, -0.1) is 10.2 Å². The summed E-state index contributed by atoms with van der Waals surface area (Å²) in [6.45, 7) is 2.27. The molecule has 18 heteroatoms. The van der Waals surface area contributed by atoms with Crippen LogP contribution in [0.2, 0.25) is 10.0 Å². The van der Waals surface area contributed by atoms with Crippen LogP contribution in [0.4, 0.5) is 22.9 Å². The minimum absolute atomic E-state index is 0. The number of carboxylic acids is 1. The summed E-state index contributed by atoms with van der Waals surface area (Å²) in [6, 6.07) is 17.7. The van der Waals surface area contributed by atoms with Crippen molar-refractivity contribution in [1.29, 1.82) is 5.26 Å². The summed E-state index contributed by atoms with van der Waals surface area (Å²) in [7, 11) is -4.90. The first-order valence-corrected chi connectivity index (χ1v) is 15.9. The monoisotopic (exact) mass is 757 g/mol. The molecule has 0 bridgehead atoms. The number of hydrogen-bond donors (Lipinski definition) is 1. The molecule has 0 spiro atoms. The fourth-order valence-electron chi connectivity index (χ4n) is 5.02. The zero-order valence-electron chi connectivity index (χ0n) is 26.0. The minimum Gasteiger partial charge on any atom is -0.744 e. The number of nitrogens with zero attached hydrogens (tertiary/aromatic N) is 6. The third-order valence-corrected chi connectivity index (χ3v) is 8.64. The molecular weight excluding hydrogens is 736 g/mol. The fourth-order valence-corrected chi connectivity index (χ4v) is 6.32. The number of nitrogens with one attached hydrogen (secondary N) is 1. The molecule has 3 aromatic carbocycles. The molecule has 236 valence electrons. The molecule has 1 amide bonds. The van der Waals surface area contributed by atoms with Gasteiger partial charge in [-0.3, -0.25) is 4.79 Å². The van der Waals surface area contributed by atoms with Crippen LogP contribution in [0.25, 0.3) is 16.9 Å². The number of aromatic nitrogens is 2. The first-order valence-electron chi connectivity index (χ1n) is 13.7. The fraction of sp³-hybridized carbons (Fsp3) is 0.200. The van der Waals surface area contributed by atoms with Gasteiger partial charge in [0.2, 0.25) is 5.91 Å². The molecule has 48 heavy (non-hydrogen) atoms. The summed E-state index contributed by atoms with van der Waals surface area (Å²) in [6.07, 6.45) is 0.827. The number of rotatable bonds is 8. The van der Waals surface area contributed by atoms with E-state index in [2.05, 4.69) is 26.7 Å². The summed E-state index contributed by atoms with van der Waals surface area (Å²) in [5.41, 5.74) is 1.90. The van der Waals surface area contributed by atoms with Crippen LogP contribution < -0.4 is 118 Å². The van der Waals surface area contributed by atoms with Crippen LogP contribution in [0, 0.1) is 17.2 Å². The Morgan fingerprint density at radius 1 is 1.02 bits per heavy atom. The smallest absolute Gasteiger partial charge is 0.744 e. The van der Waals surface area contributed by atoms with E-state index < -0.39 is 26.9 Å². The van der Waals surface area contributed by atoms with Crippen LogP contribution >= 0.6 is 23.2 Å². The Labute approximate surface area is 371 Å². The third-order valence-electron chi connectivity index (χ3n) is 7.25. The van der Waals surface area contributed by atoms with Gasteiger partial charge in [-0.05, 0) is 43.2 Å². The number of azo groups is 1. The molecule has 1 saturated heterocycles. The maximum absolute atomic E-state index is 12.1. The van der Waals surface area contributed by atoms with Crippen LogP contribution in [0.5, 0.6) is 0 Å². The van der Waals surface area contributed by atoms with Crippen molar-refractivity contribution >= 4 is 68.1 Å². The zero-order valence-corrected chi connectivity index (χ0v) is 34.6. The van der Waals surface area contributed by atoms with Crippen LogP contribution in [0.1, 0.15) is 25.3 Å². The van der Waals surface area contributed by atoms with E-state index in [4.69, 9.17) is 23.2 Å². The number of carbonyl (C=O) groups excluding carboxylic acids is 2. The first-order chi connectivity index (χ1) is 21.9. The second kappa shape index (κ2) is 17.6. The molecular formula is C30H23Cl2K2N7O6S. The molecule has 1 N–H and O–H groups in total. The quantitative estimate of drug-likeness (QED) is 0.133. The van der Waals surface area contributed by atoms with E-state index in [0.717, 1.165) is 22.5 Å². The predicted octanol–water partition coefficient (Wildman–Crippen LogP) is -1.03. The Kier molecular flexibility index (Phi) is 15.0. The van der Waals surface area contributed by atoms with Crippen molar-refractivity contribution in [3.63, 3.8) is 0 Å². The van der Waals surface area contributed by atoms with E-state index >= 15 is 0 Å². The predicted molar refractivity (Wildman–Crippen MR) is 167 cm³/mol. The number of halogens is 2. The van der Waals surface area contributed by atoms with Crippen molar-refractivity contribution in [2.75, 3.05) is 23.3 Å². The molecule has 1 aliphatic heterocycles. The SMILES string of the molecule is CC(=O)Nc1cc(N2CCC(C(=O)[O-])CC2)ccc1N=Nc1c(C#N)c(-c2ccccc2)nn1-c1c(Cl)cc(S(=O)(=O)[O-])cc1Cl.[K+].[K+]. The molecule has 5 rings (SSSR count). The minimum atomic E-state index is -4.90. The van der Waals surface area contributed by atoms with Crippen molar-refractivity contribution in [1.82, 2.24) is 9.78 Å². The zero-order chi connectivity index (χ0) is 33.2. The second-order valence-corrected chi connectivity index (χ2v) is 12.5. The number of carbonyl (C=O) groups is 2. The standard InChI is InChI=1S/C30H25Cl2N7O6S.2K/c1-17(40)34-26-13-20(38-11-9-19(10-12-38)30(41)42)7-8-25(26)35-36-29-22(16-33)27(18-5-3-2-4-6-18)37-39(29)28-23(31)14-21(15-24(28)32)46(43,44)45;;/h2-8,13-15,19H,9-12H2,1H3,(H,34,40)(H,41,42)(H,43,44,45);;/q;2*+1/p-2. The molecule has 0 atom stereocenters. The van der Waals surface area contributed by atoms with E-state index in [-0.39, 0.29) is 147 Å². The van der Waals surface area contributed by atoms with Crippen molar-refractivity contribution in [2.24, 2.45) is 16.1 Å². The Bertz CT molecular complexity index is 2010. The number of carboxylic acid groups (broad SMARTS) is 1. The average Bonchev–Trinajstić information content (AvgIpc) is 3.37. The first kappa shape index (κ1) is 40.9. The molecule has 1 aliphatic rings. The molecule has 4 aromatic rings. The number of benzene rings is 3. The normalized spacial score (nSPS) is 13.4. The van der Waals surface area contributed by atoms with Gasteiger partial charge in [-0.25, -0.2) is 13.1 Å². The van der Waals surface area contributed by atoms with Crippen molar-refractivity contribution in [2.45, 2.75) is 24.7 Å². The van der Waals surface area contributed by atoms with Gasteiger partial charge < -0.3 is 24.7 Å². The number of amides is 1. The third kappa shape index (κ3) is 9.41. The molecule has 0 aliphatic carbocycles. The van der Waals surface area contributed by atoms with Crippen LogP contribution in [0.3, 0.4) is 0 Å². The van der Waals surface area contributed by atoms with E-state index in [0.29, 0.717) is 37.2 Å². The van der Waals surface area contributed by atoms with Crippen LogP contribution in [-0.2, 0) is 19.7 Å². The largest absolute Gasteiger partial charge is 1.00 e. The Hall–Kier alpha value is -1.54. The van der Waals surface area contributed by atoms with Gasteiger partial charge in [-0.1, -0.05) is 53.5 Å². The molecule has 2 heterocycles. The number of hydrogen-bond acceptors (Lipinski definition) is 11. The summed E-state index contributed by atoms with van der Waals surface area (Å²) in [4.78, 5) is 24.7. The topological polar surface area (TPSA) is 196 Å². The molecule has 13 nitrogen and oxygen atoms in total. The number of nitriles is 1. The number of aliphatic carboxylic acids is 1. The summed E-state index contributed by atoms with van der Waals surface area (Å²) in [5, 5.41) is 36.9. The number of anilines is 2. The van der Waals surface area contributed by atoms with Gasteiger partial charge in [-0.2, -0.15) is 10.4 Å². The van der Waals surface area contributed by atoms with E-state index in [1.54, 1.807) is 48.5 Å². The summed E-state index contributed by atoms with van der Waals surface area (Å²) < 4.78 is 36.1. The number of piperidine rings is 1. The van der Waals surface area contributed by atoms with Crippen molar-refractivity contribution < 1.29 is 130 Å². The van der Waals surface area contributed by atoms with Gasteiger partial charge in [0.05, 0.1) is 20.6 Å². The van der Waals surface area contributed by atoms with Crippen molar-refractivity contribution in [3.05, 3.63) is 76.3 Å². The maximum atomic E-state index is 12.1. The van der Waals surface area contributed by atoms with Crippen LogP contribution in [0.15, 0.2) is 75.8 Å². The Morgan fingerprint density at radius 2 is 1.65 bits per heavy atom. The maximum Gasteiger partial charge on any atom is 1.00 e. The van der Waals surface area contributed by atoms with E-state index in [1.165, 1.54) is 6.92 Å². The molecule has 0 saturated carbocycles. The van der Waals surface area contributed by atoms with Gasteiger partial charge in [0.1, 0.15) is 38.8 Å². The molecule has 0 unspecified atom stereocenters. The Morgan fingerprint density at radius 3 is 2.19 bits per heavy atom. The van der Waals surface area contributed by atoms with Gasteiger partial charge in [0, 0.05) is 43.2 Å². The average molecular weight is 759 g/mol. The van der Waals surface area contributed by atoms with E-state index in [9.17, 15) is 32.9 Å². The summed E-state index contributed by atoms with van der Waals surface area (Å²) in [5.74, 6) is -2.10. The van der Waals surface area contributed by atoms with Gasteiger partial charge >= 0.3 is 103 Å². The van der Waals surface area contributed by atoms with Gasteiger partial charge in [0.25, 0.3) is 0 Å². The molecule has 1 aromatic heterocycles. The molecule has 1 fully saturated rings. The Balaban J connectivity index is 0.00000312. The second-order valence-electron chi connectivity index (χ2n) is 10.3. The summed E-state index contributed by atoms with van der Waals surface area (Å²) >= 11 is 12.8.